The highest BCUT2D eigenvalue weighted by Gasteiger charge is 2.35. The normalized spacial score (nSPS) is 19.0. The topological polar surface area (TPSA) is 105 Å². The standard InChI is InChI=1S/C22H24ClN3O5S/c1-13-5-6-16(23)9-17(13)25-22(28)15-4-3-7-26(11-15)32(29,30)20-10-19-18(8-14(20)2)24-21(27)12-31-19/h5-6,8-10,15H,3-4,7,11-12H2,1-2H3,(H,24,27)(H,25,28)/t15-/m1/s1. The second-order valence-corrected chi connectivity index (χ2v) is 10.4. The summed E-state index contributed by atoms with van der Waals surface area (Å²) in [5.74, 6) is -0.683. The lowest BCUT2D eigenvalue weighted by Gasteiger charge is -2.32. The van der Waals surface area contributed by atoms with Crippen molar-refractivity contribution in [2.45, 2.75) is 31.6 Å². The Bertz CT molecular complexity index is 1200. The molecule has 0 spiro atoms. The molecule has 1 saturated heterocycles. The van der Waals surface area contributed by atoms with Crippen molar-refractivity contribution in [3.8, 4) is 5.75 Å². The maximum atomic E-state index is 13.4. The molecular formula is C22H24ClN3O5S. The van der Waals surface area contributed by atoms with Gasteiger partial charge in [0, 0.05) is 29.9 Å². The molecule has 0 radical (unpaired) electrons. The van der Waals surface area contributed by atoms with E-state index in [0.29, 0.717) is 47.1 Å². The number of halogens is 1. The summed E-state index contributed by atoms with van der Waals surface area (Å²) < 4.78 is 33.6. The summed E-state index contributed by atoms with van der Waals surface area (Å²) in [6, 6.07) is 8.28. The summed E-state index contributed by atoms with van der Waals surface area (Å²) in [6.07, 6.45) is 1.16. The fourth-order valence-electron chi connectivity index (χ4n) is 3.97. The molecule has 0 bridgehead atoms. The Morgan fingerprint density at radius 3 is 2.78 bits per heavy atom. The minimum atomic E-state index is -3.85. The van der Waals surface area contributed by atoms with Crippen molar-refractivity contribution in [3.05, 3.63) is 46.5 Å². The van der Waals surface area contributed by atoms with E-state index in [1.807, 2.05) is 13.0 Å². The number of aryl methyl sites for hydroxylation is 2. The molecule has 8 nitrogen and oxygen atoms in total. The first-order valence-electron chi connectivity index (χ1n) is 10.3. The fraction of sp³-hybridized carbons (Fsp3) is 0.364. The van der Waals surface area contributed by atoms with Gasteiger partial charge in [-0.3, -0.25) is 9.59 Å². The van der Waals surface area contributed by atoms with Crippen LogP contribution in [-0.2, 0) is 19.6 Å². The molecule has 0 aliphatic carbocycles. The largest absolute Gasteiger partial charge is 0.482 e. The number of fused-ring (bicyclic) bond motifs is 1. The third-order valence-electron chi connectivity index (χ3n) is 5.74. The van der Waals surface area contributed by atoms with Gasteiger partial charge in [0.15, 0.2) is 6.61 Å². The van der Waals surface area contributed by atoms with Crippen molar-refractivity contribution in [2.75, 3.05) is 30.3 Å². The van der Waals surface area contributed by atoms with E-state index in [1.54, 1.807) is 25.1 Å². The number of sulfonamides is 1. The number of benzene rings is 2. The minimum absolute atomic E-state index is 0.0852. The lowest BCUT2D eigenvalue weighted by molar-refractivity contribution is -0.121. The number of hydrogen-bond donors (Lipinski definition) is 2. The van der Waals surface area contributed by atoms with E-state index in [9.17, 15) is 18.0 Å². The molecule has 2 aromatic rings. The molecule has 2 aliphatic rings. The van der Waals surface area contributed by atoms with E-state index < -0.39 is 15.9 Å². The maximum Gasteiger partial charge on any atom is 0.262 e. The van der Waals surface area contributed by atoms with Gasteiger partial charge in [0.1, 0.15) is 5.75 Å². The van der Waals surface area contributed by atoms with E-state index in [0.717, 1.165) is 5.56 Å². The Morgan fingerprint density at radius 1 is 1.22 bits per heavy atom. The van der Waals surface area contributed by atoms with Crippen LogP contribution in [0.3, 0.4) is 0 Å². The lowest BCUT2D eigenvalue weighted by atomic mass is 9.98. The van der Waals surface area contributed by atoms with Crippen molar-refractivity contribution in [3.63, 3.8) is 0 Å². The second kappa shape index (κ2) is 8.73. The Hall–Kier alpha value is -2.62. The Labute approximate surface area is 191 Å². The van der Waals surface area contributed by atoms with Gasteiger partial charge in [-0.25, -0.2) is 8.42 Å². The summed E-state index contributed by atoms with van der Waals surface area (Å²) in [4.78, 5) is 24.5. The van der Waals surface area contributed by atoms with Gasteiger partial charge in [-0.1, -0.05) is 17.7 Å². The van der Waals surface area contributed by atoms with Crippen LogP contribution in [0.2, 0.25) is 5.02 Å². The van der Waals surface area contributed by atoms with Crippen LogP contribution in [0.1, 0.15) is 24.0 Å². The van der Waals surface area contributed by atoms with Gasteiger partial charge in [0.05, 0.1) is 16.5 Å². The molecule has 0 aromatic heterocycles. The van der Waals surface area contributed by atoms with Crippen LogP contribution in [0.4, 0.5) is 11.4 Å². The summed E-state index contributed by atoms with van der Waals surface area (Å²) in [6.45, 7) is 3.79. The number of hydrogen-bond acceptors (Lipinski definition) is 5. The molecule has 0 unspecified atom stereocenters. The smallest absolute Gasteiger partial charge is 0.262 e. The number of ether oxygens (including phenoxy) is 1. The molecule has 32 heavy (non-hydrogen) atoms. The van der Waals surface area contributed by atoms with Crippen molar-refractivity contribution in [1.29, 1.82) is 0 Å². The van der Waals surface area contributed by atoms with Gasteiger partial charge in [-0.15, -0.1) is 0 Å². The van der Waals surface area contributed by atoms with E-state index in [1.165, 1.54) is 10.4 Å². The molecule has 2 N–H and O–H groups in total. The van der Waals surface area contributed by atoms with Gasteiger partial charge >= 0.3 is 0 Å². The van der Waals surface area contributed by atoms with Gasteiger partial charge < -0.3 is 15.4 Å². The quantitative estimate of drug-likeness (QED) is 0.702. The number of carbonyl (C=O) groups is 2. The molecule has 2 aromatic carbocycles. The van der Waals surface area contributed by atoms with Crippen LogP contribution in [0.25, 0.3) is 0 Å². The third kappa shape index (κ3) is 4.46. The van der Waals surface area contributed by atoms with Crippen molar-refractivity contribution < 1.29 is 22.7 Å². The number of carbonyl (C=O) groups excluding carboxylic acids is 2. The average Bonchev–Trinajstić information content (AvgIpc) is 2.75. The maximum absolute atomic E-state index is 13.4. The SMILES string of the molecule is Cc1ccc(Cl)cc1NC(=O)[C@@H]1CCCN(S(=O)(=O)c2cc3c(cc2C)NC(=O)CO3)C1. The third-order valence-corrected chi connectivity index (χ3v) is 7.98. The van der Waals surface area contributed by atoms with E-state index >= 15 is 0 Å². The molecular weight excluding hydrogens is 454 g/mol. The highest BCUT2D eigenvalue weighted by atomic mass is 35.5. The van der Waals surface area contributed by atoms with Crippen LogP contribution in [0, 0.1) is 19.8 Å². The zero-order valence-electron chi connectivity index (χ0n) is 17.8. The first-order chi connectivity index (χ1) is 15.1. The molecule has 2 amide bonds. The van der Waals surface area contributed by atoms with Crippen LogP contribution in [0.15, 0.2) is 35.2 Å². The van der Waals surface area contributed by atoms with Gasteiger partial charge in [0.2, 0.25) is 15.9 Å². The Morgan fingerprint density at radius 2 is 2.00 bits per heavy atom. The van der Waals surface area contributed by atoms with Gasteiger partial charge in [-0.05, 0) is 56.0 Å². The summed E-state index contributed by atoms with van der Waals surface area (Å²) >= 11 is 6.04. The van der Waals surface area contributed by atoms with Crippen LogP contribution in [0.5, 0.6) is 5.75 Å². The summed E-state index contributed by atoms with van der Waals surface area (Å²) in [5.41, 5.74) is 2.44. The molecule has 2 heterocycles. The summed E-state index contributed by atoms with van der Waals surface area (Å²) in [7, 11) is -3.85. The number of rotatable bonds is 4. The Kier molecular flexibility index (Phi) is 6.15. The van der Waals surface area contributed by atoms with Crippen LogP contribution in [-0.4, -0.2) is 44.2 Å². The monoisotopic (exact) mass is 477 g/mol. The predicted octanol–water partition coefficient (Wildman–Crippen LogP) is 3.33. The Balaban J connectivity index is 1.54. The first-order valence-corrected chi connectivity index (χ1v) is 12.1. The number of amides is 2. The van der Waals surface area contributed by atoms with Gasteiger partial charge in [-0.2, -0.15) is 4.31 Å². The van der Waals surface area contributed by atoms with Crippen molar-refractivity contribution >= 4 is 44.8 Å². The highest BCUT2D eigenvalue weighted by Crippen LogP contribution is 2.35. The zero-order valence-corrected chi connectivity index (χ0v) is 19.3. The molecule has 0 saturated carbocycles. The van der Waals surface area contributed by atoms with E-state index in [4.69, 9.17) is 16.3 Å². The van der Waals surface area contributed by atoms with Crippen LogP contribution < -0.4 is 15.4 Å². The van der Waals surface area contributed by atoms with Crippen LogP contribution >= 0.6 is 11.6 Å². The molecule has 4 rings (SSSR count). The molecule has 1 atom stereocenters. The number of anilines is 2. The number of nitrogens with zero attached hydrogens (tertiary/aromatic N) is 1. The predicted molar refractivity (Wildman–Crippen MR) is 122 cm³/mol. The molecule has 10 heteroatoms. The fourth-order valence-corrected chi connectivity index (χ4v) is 5.89. The highest BCUT2D eigenvalue weighted by molar-refractivity contribution is 7.89. The van der Waals surface area contributed by atoms with Crippen molar-refractivity contribution in [2.24, 2.45) is 5.92 Å². The molecule has 2 aliphatic heterocycles. The van der Waals surface area contributed by atoms with Gasteiger partial charge in [0.25, 0.3) is 5.91 Å². The average molecular weight is 478 g/mol. The minimum Gasteiger partial charge on any atom is -0.482 e. The number of nitrogens with one attached hydrogen (secondary N) is 2. The zero-order chi connectivity index (χ0) is 23.0. The molecule has 1 fully saturated rings. The second-order valence-electron chi connectivity index (χ2n) is 8.10. The summed E-state index contributed by atoms with van der Waals surface area (Å²) in [5, 5.41) is 6.08. The molecule has 170 valence electrons. The number of piperidine rings is 1. The van der Waals surface area contributed by atoms with E-state index in [-0.39, 0.29) is 29.9 Å². The van der Waals surface area contributed by atoms with E-state index in [2.05, 4.69) is 10.6 Å². The first kappa shape index (κ1) is 22.6. The lowest BCUT2D eigenvalue weighted by Crippen LogP contribution is -2.44. The van der Waals surface area contributed by atoms with Crippen molar-refractivity contribution in [1.82, 2.24) is 4.31 Å².